The van der Waals surface area contributed by atoms with Crippen LogP contribution in [0.2, 0.25) is 0 Å². The summed E-state index contributed by atoms with van der Waals surface area (Å²) in [6.45, 7) is 1.86. The Bertz CT molecular complexity index is 1310. The topological polar surface area (TPSA) is 87.6 Å². The van der Waals surface area contributed by atoms with Gasteiger partial charge >= 0.3 is 0 Å². The number of carbonyl (C=O) groups excluding carboxylic acids is 2. The minimum absolute atomic E-state index is 0.0273. The van der Waals surface area contributed by atoms with Crippen molar-refractivity contribution in [2.45, 2.75) is 6.42 Å². The molecule has 2 aromatic carbocycles. The Hall–Kier alpha value is -3.46. The van der Waals surface area contributed by atoms with Gasteiger partial charge in [-0.05, 0) is 48.1 Å². The molecule has 0 radical (unpaired) electrons. The monoisotopic (exact) mass is 452 g/mol. The van der Waals surface area contributed by atoms with E-state index in [1.165, 1.54) is 4.57 Å². The molecule has 8 nitrogen and oxygen atoms in total. The number of piperazine rings is 1. The second-order valence-corrected chi connectivity index (χ2v) is 8.14. The molecule has 1 saturated heterocycles. The van der Waals surface area contributed by atoms with Crippen molar-refractivity contribution in [2.24, 2.45) is 7.05 Å². The number of benzene rings is 2. The molecule has 1 fully saturated rings. The number of ether oxygens (including phenoxy) is 1. The molecule has 1 aliphatic heterocycles. The molecule has 1 aliphatic rings. The normalized spacial score (nSPS) is 13.9. The molecule has 9 heteroatoms. The number of H-pyrrole nitrogens is 1. The fourth-order valence-electron chi connectivity index (χ4n) is 3.85. The zero-order valence-corrected chi connectivity index (χ0v) is 18.8. The summed E-state index contributed by atoms with van der Waals surface area (Å²) in [5.41, 5.74) is 1.71. The van der Waals surface area contributed by atoms with E-state index in [2.05, 4.69) is 4.98 Å². The van der Waals surface area contributed by atoms with Crippen molar-refractivity contribution < 1.29 is 14.3 Å². The van der Waals surface area contributed by atoms with Crippen LogP contribution in [0.4, 0.5) is 0 Å². The van der Waals surface area contributed by atoms with Gasteiger partial charge in [-0.15, -0.1) is 0 Å². The quantitative estimate of drug-likeness (QED) is 0.613. The number of aromatic amines is 1. The van der Waals surface area contributed by atoms with Crippen molar-refractivity contribution >= 4 is 34.9 Å². The van der Waals surface area contributed by atoms with Crippen molar-refractivity contribution in [2.75, 3.05) is 33.3 Å². The average Bonchev–Trinajstić information content (AvgIpc) is 2.82. The highest BCUT2D eigenvalue weighted by molar-refractivity contribution is 7.71. The van der Waals surface area contributed by atoms with Crippen LogP contribution in [0, 0.1) is 4.77 Å². The first-order chi connectivity index (χ1) is 15.4. The van der Waals surface area contributed by atoms with Gasteiger partial charge in [0, 0.05) is 38.8 Å². The number of methoxy groups -OCH3 is 1. The van der Waals surface area contributed by atoms with Crippen molar-refractivity contribution in [3.63, 3.8) is 0 Å². The van der Waals surface area contributed by atoms with Crippen LogP contribution >= 0.6 is 12.2 Å². The van der Waals surface area contributed by atoms with Crippen LogP contribution in [0.25, 0.3) is 10.9 Å². The van der Waals surface area contributed by atoms with Gasteiger partial charge < -0.3 is 19.5 Å². The molecule has 0 aliphatic carbocycles. The molecule has 1 N–H and O–H groups in total. The van der Waals surface area contributed by atoms with Gasteiger partial charge in [0.15, 0.2) is 4.77 Å². The molecule has 0 bridgehead atoms. The number of aromatic nitrogens is 2. The maximum atomic E-state index is 13.0. The number of fused-ring (bicyclic) bond motifs is 1. The lowest BCUT2D eigenvalue weighted by Gasteiger charge is -2.35. The molecule has 32 heavy (non-hydrogen) atoms. The van der Waals surface area contributed by atoms with Crippen molar-refractivity contribution in [1.29, 1.82) is 0 Å². The minimum Gasteiger partial charge on any atom is -0.497 e. The highest BCUT2D eigenvalue weighted by Gasteiger charge is 2.25. The van der Waals surface area contributed by atoms with E-state index in [-0.39, 0.29) is 17.4 Å². The third-order valence-electron chi connectivity index (χ3n) is 5.76. The van der Waals surface area contributed by atoms with E-state index in [4.69, 9.17) is 17.0 Å². The van der Waals surface area contributed by atoms with Gasteiger partial charge in [-0.25, -0.2) is 0 Å². The van der Waals surface area contributed by atoms with Crippen molar-refractivity contribution in [3.8, 4) is 5.75 Å². The van der Waals surface area contributed by atoms with Crippen LogP contribution in [0.3, 0.4) is 0 Å². The molecule has 0 spiro atoms. The maximum absolute atomic E-state index is 13.0. The first-order valence-corrected chi connectivity index (χ1v) is 10.7. The van der Waals surface area contributed by atoms with E-state index in [1.807, 2.05) is 24.3 Å². The van der Waals surface area contributed by atoms with Crippen LogP contribution in [-0.4, -0.2) is 64.5 Å². The summed E-state index contributed by atoms with van der Waals surface area (Å²) in [6, 6.07) is 12.4. The van der Waals surface area contributed by atoms with Gasteiger partial charge in [0.25, 0.3) is 11.5 Å². The van der Waals surface area contributed by atoms with Crippen LogP contribution in [-0.2, 0) is 18.3 Å². The zero-order chi connectivity index (χ0) is 22.8. The Balaban J connectivity index is 1.42. The number of rotatable bonds is 4. The molecule has 4 rings (SSSR count). The molecule has 3 aromatic rings. The van der Waals surface area contributed by atoms with Gasteiger partial charge in [0.1, 0.15) is 5.75 Å². The average molecular weight is 453 g/mol. The van der Waals surface area contributed by atoms with Gasteiger partial charge in [0.05, 0.1) is 24.4 Å². The summed E-state index contributed by atoms with van der Waals surface area (Å²) in [7, 11) is 3.20. The SMILES string of the molecule is COc1cccc(CC(=O)N2CCN(C(=O)c3ccc4c(=O)n(C)c(=S)[nH]c4c3)CC2)c1. The van der Waals surface area contributed by atoms with E-state index in [0.717, 1.165) is 11.3 Å². The van der Waals surface area contributed by atoms with Crippen molar-refractivity contribution in [3.05, 3.63) is 68.7 Å². The van der Waals surface area contributed by atoms with E-state index < -0.39 is 0 Å². The second-order valence-electron chi connectivity index (χ2n) is 7.76. The van der Waals surface area contributed by atoms with Crippen LogP contribution < -0.4 is 10.3 Å². The largest absolute Gasteiger partial charge is 0.497 e. The Morgan fingerprint density at radius 3 is 2.50 bits per heavy atom. The highest BCUT2D eigenvalue weighted by Crippen LogP contribution is 2.16. The Morgan fingerprint density at radius 1 is 1.06 bits per heavy atom. The number of nitrogens with zero attached hydrogens (tertiary/aromatic N) is 3. The van der Waals surface area contributed by atoms with E-state index in [1.54, 1.807) is 42.2 Å². The maximum Gasteiger partial charge on any atom is 0.261 e. The van der Waals surface area contributed by atoms with Crippen LogP contribution in [0.1, 0.15) is 15.9 Å². The molecule has 0 unspecified atom stereocenters. The molecule has 2 amide bonds. The third-order valence-corrected chi connectivity index (χ3v) is 6.13. The van der Waals surface area contributed by atoms with Gasteiger partial charge in [-0.2, -0.15) is 0 Å². The smallest absolute Gasteiger partial charge is 0.261 e. The van der Waals surface area contributed by atoms with Crippen LogP contribution in [0.15, 0.2) is 47.3 Å². The predicted molar refractivity (Wildman–Crippen MR) is 124 cm³/mol. The molecular formula is C23H24N4O4S. The summed E-state index contributed by atoms with van der Waals surface area (Å²) in [6.07, 6.45) is 0.296. The molecule has 0 saturated carbocycles. The molecule has 0 atom stereocenters. The number of carbonyl (C=O) groups is 2. The van der Waals surface area contributed by atoms with Gasteiger partial charge in [-0.3, -0.25) is 19.0 Å². The highest BCUT2D eigenvalue weighted by atomic mass is 32.1. The standard InChI is InChI=1S/C23H24N4O4S/c1-25-22(30)18-7-6-16(14-19(18)24-23(25)32)21(29)27-10-8-26(9-11-27)20(28)13-15-4-3-5-17(12-15)31-2/h3-7,12,14H,8-11,13H2,1-2H3,(H,24,32). The Labute approximate surface area is 190 Å². The summed E-state index contributed by atoms with van der Waals surface area (Å²) < 4.78 is 6.88. The lowest BCUT2D eigenvalue weighted by atomic mass is 10.1. The summed E-state index contributed by atoms with van der Waals surface area (Å²) >= 11 is 5.17. The van der Waals surface area contributed by atoms with E-state index in [9.17, 15) is 14.4 Å². The third kappa shape index (κ3) is 4.29. The summed E-state index contributed by atoms with van der Waals surface area (Å²) in [5, 5.41) is 0.477. The number of hydrogen-bond donors (Lipinski definition) is 1. The molecule has 2 heterocycles. The minimum atomic E-state index is -0.203. The summed E-state index contributed by atoms with van der Waals surface area (Å²) in [4.78, 5) is 44.5. The molecule has 166 valence electrons. The van der Waals surface area contributed by atoms with Gasteiger partial charge in [-0.1, -0.05) is 12.1 Å². The lowest BCUT2D eigenvalue weighted by molar-refractivity contribution is -0.131. The number of amides is 2. The molecular weight excluding hydrogens is 428 g/mol. The number of nitrogens with one attached hydrogen (secondary N) is 1. The Kier molecular flexibility index (Phi) is 6.09. The second kappa shape index (κ2) is 8.96. The zero-order valence-electron chi connectivity index (χ0n) is 18.0. The van der Waals surface area contributed by atoms with Crippen molar-refractivity contribution in [1.82, 2.24) is 19.4 Å². The Morgan fingerprint density at radius 2 is 1.78 bits per heavy atom. The first kappa shape index (κ1) is 21.8. The summed E-state index contributed by atoms with van der Waals surface area (Å²) in [5.74, 6) is 0.616. The van der Waals surface area contributed by atoms with Gasteiger partial charge in [0.2, 0.25) is 5.91 Å². The lowest BCUT2D eigenvalue weighted by Crippen LogP contribution is -2.51. The number of hydrogen-bond acceptors (Lipinski definition) is 5. The van der Waals surface area contributed by atoms with E-state index >= 15 is 0 Å². The fraction of sp³-hybridized carbons (Fsp3) is 0.304. The predicted octanol–water partition coefficient (Wildman–Crippen LogP) is 2.13. The fourth-order valence-corrected chi connectivity index (χ4v) is 4.04. The van der Waals surface area contributed by atoms with Crippen LogP contribution in [0.5, 0.6) is 5.75 Å². The molecule has 1 aromatic heterocycles. The van der Waals surface area contributed by atoms with E-state index in [0.29, 0.717) is 53.8 Å². The first-order valence-electron chi connectivity index (χ1n) is 10.3.